The molecule has 1 atom stereocenters. The maximum Gasteiger partial charge on any atom is 0.249 e. The van der Waals surface area contributed by atoms with Crippen molar-refractivity contribution in [3.63, 3.8) is 0 Å². The summed E-state index contributed by atoms with van der Waals surface area (Å²) in [5, 5.41) is 3.73. The Balaban J connectivity index is 1.88. The Morgan fingerprint density at radius 1 is 1.15 bits per heavy atom. The van der Waals surface area contributed by atoms with Gasteiger partial charge in [0.2, 0.25) is 10.7 Å². The van der Waals surface area contributed by atoms with Crippen LogP contribution < -0.4 is 14.8 Å². The second-order valence-electron chi connectivity index (χ2n) is 6.03. The van der Waals surface area contributed by atoms with Crippen molar-refractivity contribution < 1.29 is 14.3 Å². The minimum atomic E-state index is -0.426. The van der Waals surface area contributed by atoms with E-state index in [0.29, 0.717) is 34.0 Å². The molecular weight excluding hydrogens is 350 g/mol. The largest absolute Gasteiger partial charge is 0.493 e. The molecule has 2 heterocycles. The average molecular weight is 367 g/mol. The quantitative estimate of drug-likeness (QED) is 0.715. The van der Waals surface area contributed by atoms with E-state index in [0.717, 1.165) is 10.9 Å². The Hall–Kier alpha value is -2.93. The fraction of sp³-hybridized carbons (Fsp3) is 0.211. The fourth-order valence-electron chi connectivity index (χ4n) is 3.29. The zero-order chi connectivity index (χ0) is 18.3. The number of carbonyl (C=O) groups excluding carboxylic acids is 1. The van der Waals surface area contributed by atoms with Gasteiger partial charge >= 0.3 is 0 Å². The maximum absolute atomic E-state index is 12.6. The number of hydrogen-bond donors (Lipinski definition) is 1. The molecule has 132 valence electrons. The number of ether oxygens (including phenoxy) is 2. The summed E-state index contributed by atoms with van der Waals surface area (Å²) in [6.07, 6.45) is 0.550. The number of fused-ring (bicyclic) bond motifs is 3. The minimum Gasteiger partial charge on any atom is -0.493 e. The zero-order valence-electron chi connectivity index (χ0n) is 14.4. The first-order chi connectivity index (χ1) is 12.6. The van der Waals surface area contributed by atoms with Gasteiger partial charge in [-0.2, -0.15) is 0 Å². The first kappa shape index (κ1) is 16.5. The number of methoxy groups -OCH3 is 2. The molecule has 0 unspecified atom stereocenters. The molecule has 0 saturated carbocycles. The van der Waals surface area contributed by atoms with E-state index >= 15 is 0 Å². The van der Waals surface area contributed by atoms with E-state index in [2.05, 4.69) is 10.3 Å². The van der Waals surface area contributed by atoms with E-state index < -0.39 is 6.04 Å². The number of aromatic nitrogens is 2. The van der Waals surface area contributed by atoms with Gasteiger partial charge in [-0.25, -0.2) is 4.98 Å². The number of rotatable bonds is 4. The lowest BCUT2D eigenvalue weighted by Crippen LogP contribution is -2.18. The fourth-order valence-corrected chi connectivity index (χ4v) is 3.60. The van der Waals surface area contributed by atoms with E-state index in [1.807, 2.05) is 36.4 Å². The van der Waals surface area contributed by atoms with Gasteiger partial charge in [-0.1, -0.05) is 30.3 Å². The normalized spacial score (nSPS) is 15.6. The van der Waals surface area contributed by atoms with Crippen LogP contribution in [0.4, 0.5) is 5.82 Å². The topological polar surface area (TPSA) is 65.4 Å². The number of anilines is 1. The van der Waals surface area contributed by atoms with Crippen molar-refractivity contribution in [2.24, 2.45) is 0 Å². The predicted octanol–water partition coefficient (Wildman–Crippen LogP) is 3.52. The summed E-state index contributed by atoms with van der Waals surface area (Å²) in [5.74, 6) is 1.69. The van der Waals surface area contributed by atoms with Crippen LogP contribution in [0.25, 0.3) is 10.9 Å². The molecule has 6 nitrogen and oxygen atoms in total. The summed E-state index contributed by atoms with van der Waals surface area (Å²) in [5.41, 5.74) is 1.72. The molecule has 1 amide bonds. The molecule has 1 N–H and O–H groups in total. The minimum absolute atomic E-state index is 0.0935. The first-order valence-electron chi connectivity index (χ1n) is 8.15. The SMILES string of the molecule is COc1cc2nc(=S)n3c(c2cc1OC)NC(=O)[C@@H]3Cc1ccccc1. The van der Waals surface area contributed by atoms with Crippen LogP contribution in [-0.4, -0.2) is 29.7 Å². The Bertz CT molecular complexity index is 1060. The molecule has 1 aromatic heterocycles. The lowest BCUT2D eigenvalue weighted by Gasteiger charge is -2.14. The third-order valence-electron chi connectivity index (χ3n) is 4.55. The van der Waals surface area contributed by atoms with Gasteiger partial charge < -0.3 is 14.8 Å². The van der Waals surface area contributed by atoms with Crippen molar-refractivity contribution in [2.75, 3.05) is 19.5 Å². The Labute approximate surface area is 155 Å². The van der Waals surface area contributed by atoms with Gasteiger partial charge in [0.1, 0.15) is 11.9 Å². The van der Waals surface area contributed by atoms with Crippen LogP contribution in [0, 0.1) is 4.77 Å². The molecule has 1 aliphatic heterocycles. The van der Waals surface area contributed by atoms with Crippen molar-refractivity contribution >= 4 is 34.8 Å². The van der Waals surface area contributed by atoms with Crippen molar-refractivity contribution in [1.82, 2.24) is 9.55 Å². The molecule has 1 aliphatic rings. The Kier molecular flexibility index (Phi) is 4.08. The molecule has 7 heteroatoms. The van der Waals surface area contributed by atoms with Crippen LogP contribution in [0.5, 0.6) is 11.5 Å². The molecule has 0 saturated heterocycles. The summed E-state index contributed by atoms with van der Waals surface area (Å²) < 4.78 is 12.9. The molecule has 3 aromatic rings. The number of hydrogen-bond acceptors (Lipinski definition) is 5. The van der Waals surface area contributed by atoms with Crippen LogP contribution >= 0.6 is 12.2 Å². The average Bonchev–Trinajstić information content (AvgIpc) is 2.98. The molecule has 0 spiro atoms. The van der Waals surface area contributed by atoms with Crippen LogP contribution in [0.3, 0.4) is 0 Å². The van der Waals surface area contributed by atoms with Gasteiger partial charge in [0.05, 0.1) is 19.7 Å². The zero-order valence-corrected chi connectivity index (χ0v) is 15.2. The highest BCUT2D eigenvalue weighted by Gasteiger charge is 2.32. The van der Waals surface area contributed by atoms with Crippen molar-refractivity contribution in [3.8, 4) is 11.5 Å². The number of nitrogens with zero attached hydrogens (tertiary/aromatic N) is 2. The van der Waals surface area contributed by atoms with Crippen LogP contribution in [0.15, 0.2) is 42.5 Å². The maximum atomic E-state index is 12.6. The van der Waals surface area contributed by atoms with Gasteiger partial charge in [0.15, 0.2) is 11.5 Å². The number of benzene rings is 2. The van der Waals surface area contributed by atoms with Gasteiger partial charge in [0.25, 0.3) is 0 Å². The summed E-state index contributed by atoms with van der Waals surface area (Å²) >= 11 is 5.48. The van der Waals surface area contributed by atoms with Gasteiger partial charge in [-0.05, 0) is 23.8 Å². The molecule has 0 radical (unpaired) electrons. The lowest BCUT2D eigenvalue weighted by molar-refractivity contribution is -0.118. The monoisotopic (exact) mass is 367 g/mol. The summed E-state index contributed by atoms with van der Waals surface area (Å²) in [6, 6.07) is 13.0. The molecule has 0 fully saturated rings. The Morgan fingerprint density at radius 3 is 2.54 bits per heavy atom. The van der Waals surface area contributed by atoms with E-state index in [1.165, 1.54) is 0 Å². The highest BCUT2D eigenvalue weighted by molar-refractivity contribution is 7.71. The third kappa shape index (κ3) is 2.61. The standard InChI is InChI=1S/C19H17N3O3S/c1-24-15-9-12-13(10-16(15)25-2)20-19(26)22-14(18(23)21-17(12)22)8-11-6-4-3-5-7-11/h3-7,9-10,14H,8H2,1-2H3,(H,21,23)/t14-/m0/s1. The van der Waals surface area contributed by atoms with Crippen molar-refractivity contribution in [3.05, 3.63) is 52.8 Å². The third-order valence-corrected chi connectivity index (χ3v) is 4.84. The van der Waals surface area contributed by atoms with Gasteiger partial charge in [-0.3, -0.25) is 9.36 Å². The molecule has 0 aliphatic carbocycles. The van der Waals surface area contributed by atoms with Gasteiger partial charge in [-0.15, -0.1) is 0 Å². The second-order valence-corrected chi connectivity index (χ2v) is 6.40. The summed E-state index contributed by atoms with van der Waals surface area (Å²) in [6.45, 7) is 0. The Morgan fingerprint density at radius 2 is 1.85 bits per heavy atom. The molecule has 4 rings (SSSR count). The number of carbonyl (C=O) groups is 1. The van der Waals surface area contributed by atoms with Crippen molar-refractivity contribution in [2.45, 2.75) is 12.5 Å². The highest BCUT2D eigenvalue weighted by atomic mass is 32.1. The number of amides is 1. The van der Waals surface area contributed by atoms with E-state index in [-0.39, 0.29) is 5.91 Å². The molecule has 2 aromatic carbocycles. The van der Waals surface area contributed by atoms with Crippen LogP contribution in [-0.2, 0) is 11.2 Å². The van der Waals surface area contributed by atoms with E-state index in [1.54, 1.807) is 24.9 Å². The summed E-state index contributed by atoms with van der Waals surface area (Å²) in [4.78, 5) is 17.2. The smallest absolute Gasteiger partial charge is 0.249 e. The lowest BCUT2D eigenvalue weighted by atomic mass is 10.1. The van der Waals surface area contributed by atoms with E-state index in [4.69, 9.17) is 21.7 Å². The van der Waals surface area contributed by atoms with Crippen molar-refractivity contribution in [1.29, 1.82) is 0 Å². The van der Waals surface area contributed by atoms with Crippen LogP contribution in [0.1, 0.15) is 11.6 Å². The predicted molar refractivity (Wildman–Crippen MR) is 101 cm³/mol. The summed E-state index contributed by atoms with van der Waals surface area (Å²) in [7, 11) is 3.14. The van der Waals surface area contributed by atoms with Crippen LogP contribution in [0.2, 0.25) is 0 Å². The molecule has 0 bridgehead atoms. The first-order valence-corrected chi connectivity index (χ1v) is 8.56. The highest BCUT2D eigenvalue weighted by Crippen LogP contribution is 2.38. The second kappa shape index (κ2) is 6.42. The number of nitrogens with one attached hydrogen (secondary N) is 1. The van der Waals surface area contributed by atoms with Gasteiger partial charge in [0, 0.05) is 17.9 Å². The molecular formula is C19H17N3O3S. The molecule has 26 heavy (non-hydrogen) atoms. The van der Waals surface area contributed by atoms with E-state index in [9.17, 15) is 4.79 Å².